The molecule has 0 aliphatic carbocycles. The first kappa shape index (κ1) is 30.6. The third-order valence-corrected chi connectivity index (χ3v) is 5.34. The number of carbonyl (C=O) groups is 2. The highest BCUT2D eigenvalue weighted by atomic mass is 19.2. The molecule has 0 heterocycles. The summed E-state index contributed by atoms with van der Waals surface area (Å²) in [7, 11) is 0. The van der Waals surface area contributed by atoms with E-state index in [9.17, 15) is 14.0 Å². The molecule has 0 radical (unpaired) electrons. The molecule has 2 aromatic rings. The lowest BCUT2D eigenvalue weighted by Gasteiger charge is -2.22. The van der Waals surface area contributed by atoms with E-state index in [4.69, 9.17) is 4.74 Å². The molecule has 0 saturated carbocycles. The van der Waals surface area contributed by atoms with Crippen LogP contribution in [-0.2, 0) is 9.59 Å². The second-order valence-electron chi connectivity index (χ2n) is 9.43. The molecular weight excluding hydrogens is 453 g/mol. The number of carbonyl (C=O) groups excluding carboxylic acids is 2. The number of allylic oxidation sites excluding steroid dienone is 5. The van der Waals surface area contributed by atoms with Crippen molar-refractivity contribution >= 4 is 17.3 Å². The van der Waals surface area contributed by atoms with E-state index in [2.05, 4.69) is 20.4 Å². The van der Waals surface area contributed by atoms with Gasteiger partial charge in [-0.3, -0.25) is 9.59 Å². The van der Waals surface area contributed by atoms with Crippen LogP contribution in [0.15, 0.2) is 84.6 Å². The maximum absolute atomic E-state index is 13.1. The molecular formula is C31H40FNO3. The van der Waals surface area contributed by atoms with Crippen LogP contribution >= 0.6 is 0 Å². The fourth-order valence-corrected chi connectivity index (χ4v) is 3.33. The van der Waals surface area contributed by atoms with Crippen LogP contribution in [0.2, 0.25) is 0 Å². The fourth-order valence-electron chi connectivity index (χ4n) is 3.33. The van der Waals surface area contributed by atoms with E-state index in [1.54, 1.807) is 18.2 Å². The minimum atomic E-state index is -1.61. The maximum Gasteiger partial charge on any atom is 0.242 e. The SMILES string of the molecule is C=C/C(=C\C(C)=C(/C)N(CC(C)=O)C(C)=O)c1ccccc1.CC(C)c1ccc(OC(C)(C)F)cc1. The minimum absolute atomic E-state index is 0.0432. The summed E-state index contributed by atoms with van der Waals surface area (Å²) in [5.41, 5.74) is 4.97. The van der Waals surface area contributed by atoms with Crippen molar-refractivity contribution in [3.8, 4) is 5.75 Å². The molecule has 2 rings (SSSR count). The van der Waals surface area contributed by atoms with Crippen LogP contribution in [0.5, 0.6) is 5.75 Å². The van der Waals surface area contributed by atoms with E-state index in [1.165, 1.54) is 38.2 Å². The third kappa shape index (κ3) is 10.9. The maximum atomic E-state index is 13.1. The number of nitrogens with zero attached hydrogens (tertiary/aromatic N) is 1. The number of hydrogen-bond acceptors (Lipinski definition) is 3. The van der Waals surface area contributed by atoms with Gasteiger partial charge in [0.1, 0.15) is 11.5 Å². The van der Waals surface area contributed by atoms with Gasteiger partial charge in [-0.15, -0.1) is 0 Å². The molecule has 2 aromatic carbocycles. The van der Waals surface area contributed by atoms with Gasteiger partial charge in [-0.1, -0.05) is 69.0 Å². The van der Waals surface area contributed by atoms with Crippen molar-refractivity contribution in [1.82, 2.24) is 4.90 Å². The summed E-state index contributed by atoms with van der Waals surface area (Å²) in [6, 6.07) is 17.4. The van der Waals surface area contributed by atoms with Crippen molar-refractivity contribution in [1.29, 1.82) is 0 Å². The van der Waals surface area contributed by atoms with E-state index in [0.29, 0.717) is 11.7 Å². The summed E-state index contributed by atoms with van der Waals surface area (Å²) in [5.74, 6) is -0.734. The molecule has 194 valence electrons. The quantitative estimate of drug-likeness (QED) is 0.334. The van der Waals surface area contributed by atoms with Crippen molar-refractivity contribution in [2.45, 2.75) is 67.2 Å². The number of Topliss-reactive ketones (excluding diaryl/α,β-unsaturated/α-hetero) is 1. The zero-order valence-corrected chi connectivity index (χ0v) is 22.9. The summed E-state index contributed by atoms with van der Waals surface area (Å²) in [4.78, 5) is 24.6. The summed E-state index contributed by atoms with van der Waals surface area (Å²) >= 11 is 0. The highest BCUT2D eigenvalue weighted by Crippen LogP contribution is 2.23. The van der Waals surface area contributed by atoms with Gasteiger partial charge in [-0.05, 0) is 67.2 Å². The molecule has 36 heavy (non-hydrogen) atoms. The van der Waals surface area contributed by atoms with Gasteiger partial charge >= 0.3 is 0 Å². The van der Waals surface area contributed by atoms with Gasteiger partial charge < -0.3 is 9.64 Å². The molecule has 0 atom stereocenters. The average Bonchev–Trinajstić information content (AvgIpc) is 2.80. The molecule has 0 N–H and O–H groups in total. The van der Waals surface area contributed by atoms with Crippen LogP contribution in [0.4, 0.5) is 4.39 Å². The summed E-state index contributed by atoms with van der Waals surface area (Å²) in [6.07, 6.45) is 3.77. The Morgan fingerprint density at radius 1 is 1.00 bits per heavy atom. The molecule has 4 nitrogen and oxygen atoms in total. The largest absolute Gasteiger partial charge is 0.459 e. The molecule has 0 unspecified atom stereocenters. The smallest absolute Gasteiger partial charge is 0.242 e. The van der Waals surface area contributed by atoms with Gasteiger partial charge in [0, 0.05) is 26.5 Å². The first-order valence-corrected chi connectivity index (χ1v) is 12.1. The van der Waals surface area contributed by atoms with Gasteiger partial charge in [0.15, 0.2) is 0 Å². The first-order chi connectivity index (χ1) is 16.7. The summed E-state index contributed by atoms with van der Waals surface area (Å²) in [5, 5.41) is 0. The number of alkyl halides is 1. The van der Waals surface area contributed by atoms with Crippen LogP contribution in [0.1, 0.15) is 72.4 Å². The Labute approximate surface area is 216 Å². The minimum Gasteiger partial charge on any atom is -0.459 e. The van der Waals surface area contributed by atoms with Crippen molar-refractivity contribution in [3.63, 3.8) is 0 Å². The zero-order valence-electron chi connectivity index (χ0n) is 22.9. The van der Waals surface area contributed by atoms with Gasteiger partial charge in [0.2, 0.25) is 11.8 Å². The highest BCUT2D eigenvalue weighted by molar-refractivity contribution is 5.85. The Kier molecular flexibility index (Phi) is 12.0. The fraction of sp³-hybridized carbons (Fsp3) is 0.355. The molecule has 0 spiro atoms. The molecule has 1 amide bonds. The van der Waals surface area contributed by atoms with Crippen LogP contribution in [0, 0.1) is 0 Å². The number of halogens is 1. The standard InChI is InChI=1S/C19H23NO2.C12H17FO/c1-6-18(19-10-8-7-9-11-19)12-14(2)16(4)20(17(5)22)13-15(3)21;1-9(2)10-5-7-11(8-6-10)14-12(3,4)13/h6-12H,1,13H2,2-5H3;5-9H,1-4H3/b16-14+,18-12+;. The van der Waals surface area contributed by atoms with Gasteiger partial charge in [0.25, 0.3) is 0 Å². The lowest BCUT2D eigenvalue weighted by atomic mass is 10.0. The van der Waals surface area contributed by atoms with Crippen LogP contribution in [-0.4, -0.2) is 29.0 Å². The van der Waals surface area contributed by atoms with Gasteiger partial charge in [-0.25, -0.2) is 0 Å². The van der Waals surface area contributed by atoms with E-state index in [1.807, 2.05) is 62.4 Å². The predicted octanol–water partition coefficient (Wildman–Crippen LogP) is 7.88. The zero-order chi connectivity index (χ0) is 27.5. The Morgan fingerprint density at radius 2 is 1.56 bits per heavy atom. The topological polar surface area (TPSA) is 46.6 Å². The molecule has 0 saturated heterocycles. The van der Waals surface area contributed by atoms with Crippen LogP contribution in [0.3, 0.4) is 0 Å². The third-order valence-electron chi connectivity index (χ3n) is 5.34. The monoisotopic (exact) mass is 493 g/mol. The molecule has 0 aliphatic heterocycles. The molecule has 0 aliphatic rings. The summed E-state index contributed by atoms with van der Waals surface area (Å²) < 4.78 is 18.2. The molecule has 0 bridgehead atoms. The molecule has 5 heteroatoms. The van der Waals surface area contributed by atoms with Crippen LogP contribution in [0.25, 0.3) is 5.57 Å². The Hall–Kier alpha value is -3.47. The van der Waals surface area contributed by atoms with E-state index >= 15 is 0 Å². The van der Waals surface area contributed by atoms with Crippen molar-refractivity contribution in [2.75, 3.05) is 6.54 Å². The Morgan fingerprint density at radius 3 is 1.97 bits per heavy atom. The number of benzene rings is 2. The highest BCUT2D eigenvalue weighted by Gasteiger charge is 2.17. The Balaban J connectivity index is 0.000000397. The van der Waals surface area contributed by atoms with Crippen molar-refractivity contribution in [3.05, 3.63) is 95.7 Å². The predicted molar refractivity (Wildman–Crippen MR) is 147 cm³/mol. The van der Waals surface area contributed by atoms with Crippen LogP contribution < -0.4 is 4.74 Å². The second kappa shape index (κ2) is 14.2. The van der Waals surface area contributed by atoms with Crippen molar-refractivity contribution < 1.29 is 18.7 Å². The number of amides is 1. The van der Waals surface area contributed by atoms with Gasteiger partial charge in [0.05, 0.1) is 6.54 Å². The number of ether oxygens (including phenoxy) is 1. The van der Waals surface area contributed by atoms with E-state index in [0.717, 1.165) is 22.4 Å². The molecule has 0 aromatic heterocycles. The number of hydrogen-bond donors (Lipinski definition) is 0. The average molecular weight is 494 g/mol. The van der Waals surface area contributed by atoms with Crippen molar-refractivity contribution in [2.24, 2.45) is 0 Å². The van der Waals surface area contributed by atoms with E-state index in [-0.39, 0.29) is 18.2 Å². The van der Waals surface area contributed by atoms with E-state index < -0.39 is 5.85 Å². The second-order valence-corrected chi connectivity index (χ2v) is 9.43. The summed E-state index contributed by atoms with van der Waals surface area (Å²) in [6.45, 7) is 17.7. The number of rotatable bonds is 9. The Bertz CT molecular complexity index is 1080. The van der Waals surface area contributed by atoms with Gasteiger partial charge in [-0.2, -0.15) is 4.39 Å². The normalized spacial score (nSPS) is 12.2. The number of ketones is 1. The lowest BCUT2D eigenvalue weighted by molar-refractivity contribution is -0.131. The first-order valence-electron chi connectivity index (χ1n) is 12.1. The lowest BCUT2D eigenvalue weighted by Crippen LogP contribution is -2.32. The molecule has 0 fully saturated rings.